The molecule has 0 saturated carbocycles. The summed E-state index contributed by atoms with van der Waals surface area (Å²) >= 11 is 0. The Morgan fingerprint density at radius 3 is 2.89 bits per heavy atom. The highest BCUT2D eigenvalue weighted by Gasteiger charge is 1.99. The zero-order chi connectivity index (χ0) is 6.53. The lowest BCUT2D eigenvalue weighted by Crippen LogP contribution is -2.22. The zero-order valence-corrected chi connectivity index (χ0v) is 5.80. The highest BCUT2D eigenvalue weighted by atomic mass is 14.9. The topological polar surface area (TPSA) is 12.0 Å². The molecule has 0 bridgehead atoms. The van der Waals surface area contributed by atoms with E-state index in [1.54, 1.807) is 0 Å². The van der Waals surface area contributed by atoms with Crippen LogP contribution in [0, 0.1) is 0 Å². The molecule has 1 aliphatic rings. The van der Waals surface area contributed by atoms with Gasteiger partial charge in [-0.25, -0.2) is 0 Å². The minimum absolute atomic E-state index is 0.583. The van der Waals surface area contributed by atoms with Gasteiger partial charge in [0.05, 0.1) is 0 Å². The van der Waals surface area contributed by atoms with E-state index in [4.69, 9.17) is 0 Å². The van der Waals surface area contributed by atoms with E-state index in [0.29, 0.717) is 6.04 Å². The summed E-state index contributed by atoms with van der Waals surface area (Å²) in [5.41, 5.74) is 0. The van der Waals surface area contributed by atoms with Crippen LogP contribution in [0.25, 0.3) is 0 Å². The maximum absolute atomic E-state index is 3.25. The molecule has 1 heteroatoms. The fraction of sp³-hybridized carbons (Fsp3) is 0.500. The first-order valence-corrected chi connectivity index (χ1v) is 3.53. The van der Waals surface area contributed by atoms with Gasteiger partial charge in [-0.1, -0.05) is 25.5 Å². The summed E-state index contributed by atoms with van der Waals surface area (Å²) in [5.74, 6) is 0. The molecule has 0 saturated heterocycles. The van der Waals surface area contributed by atoms with Gasteiger partial charge in [-0.05, 0) is 18.7 Å². The first-order chi connectivity index (χ1) is 4.43. The third-order valence-corrected chi connectivity index (χ3v) is 1.46. The summed E-state index contributed by atoms with van der Waals surface area (Å²) in [4.78, 5) is 0. The molecule has 0 aromatic heterocycles. The first kappa shape index (κ1) is 6.40. The van der Waals surface area contributed by atoms with E-state index in [9.17, 15) is 0 Å². The van der Waals surface area contributed by atoms with Crippen molar-refractivity contribution in [3.8, 4) is 0 Å². The Hall–Kier alpha value is -0.720. The number of allylic oxidation sites excluding steroid dienone is 2. The summed E-state index contributed by atoms with van der Waals surface area (Å²) in [5, 5.41) is 3.25. The van der Waals surface area contributed by atoms with Gasteiger partial charge < -0.3 is 5.32 Å². The fourth-order valence-electron chi connectivity index (χ4n) is 0.979. The largest absolute Gasteiger partial charge is 0.385 e. The predicted molar refractivity (Wildman–Crippen MR) is 40.1 cm³/mol. The average Bonchev–Trinajstić information content (AvgIpc) is 1.91. The van der Waals surface area contributed by atoms with Crippen molar-refractivity contribution in [3.05, 3.63) is 24.4 Å². The van der Waals surface area contributed by atoms with Crippen LogP contribution in [-0.4, -0.2) is 6.04 Å². The molecule has 0 aliphatic carbocycles. The van der Waals surface area contributed by atoms with Crippen molar-refractivity contribution in [1.82, 2.24) is 5.32 Å². The van der Waals surface area contributed by atoms with E-state index < -0.39 is 0 Å². The SMILES string of the molecule is CCCC1C=CC=CN1. The summed E-state index contributed by atoms with van der Waals surface area (Å²) in [6.07, 6.45) is 10.8. The molecule has 1 rings (SSSR count). The molecular weight excluding hydrogens is 110 g/mol. The van der Waals surface area contributed by atoms with E-state index in [2.05, 4.69) is 24.4 Å². The Morgan fingerprint density at radius 2 is 2.33 bits per heavy atom. The van der Waals surface area contributed by atoms with Gasteiger partial charge in [0.15, 0.2) is 0 Å². The second-order valence-electron chi connectivity index (χ2n) is 2.31. The van der Waals surface area contributed by atoms with Crippen LogP contribution in [-0.2, 0) is 0 Å². The van der Waals surface area contributed by atoms with Gasteiger partial charge >= 0.3 is 0 Å². The van der Waals surface area contributed by atoms with E-state index in [1.807, 2.05) is 12.3 Å². The first-order valence-electron chi connectivity index (χ1n) is 3.53. The Balaban J connectivity index is 2.28. The van der Waals surface area contributed by atoms with E-state index >= 15 is 0 Å². The van der Waals surface area contributed by atoms with Crippen molar-refractivity contribution in [2.75, 3.05) is 0 Å². The monoisotopic (exact) mass is 123 g/mol. The van der Waals surface area contributed by atoms with Crippen molar-refractivity contribution in [2.45, 2.75) is 25.8 Å². The quantitative estimate of drug-likeness (QED) is 0.590. The lowest BCUT2D eigenvalue weighted by molar-refractivity contribution is 0.622. The molecular formula is C8H13N. The summed E-state index contributed by atoms with van der Waals surface area (Å²) in [6.45, 7) is 2.20. The molecule has 0 aromatic carbocycles. The Bertz CT molecular complexity index is 125. The average molecular weight is 123 g/mol. The van der Waals surface area contributed by atoms with E-state index in [1.165, 1.54) is 12.8 Å². The third kappa shape index (κ3) is 1.92. The van der Waals surface area contributed by atoms with Crippen LogP contribution in [0.15, 0.2) is 24.4 Å². The summed E-state index contributed by atoms with van der Waals surface area (Å²) in [6, 6.07) is 0.583. The number of rotatable bonds is 2. The van der Waals surface area contributed by atoms with Gasteiger partial charge in [0, 0.05) is 6.04 Å². The molecule has 0 spiro atoms. The van der Waals surface area contributed by atoms with Crippen LogP contribution in [0.2, 0.25) is 0 Å². The maximum atomic E-state index is 3.25. The number of nitrogens with one attached hydrogen (secondary N) is 1. The van der Waals surface area contributed by atoms with Crippen molar-refractivity contribution in [3.63, 3.8) is 0 Å². The van der Waals surface area contributed by atoms with Crippen LogP contribution >= 0.6 is 0 Å². The maximum Gasteiger partial charge on any atom is 0.0441 e. The third-order valence-electron chi connectivity index (χ3n) is 1.46. The van der Waals surface area contributed by atoms with Crippen LogP contribution in [0.4, 0.5) is 0 Å². The molecule has 1 N–H and O–H groups in total. The smallest absolute Gasteiger partial charge is 0.0441 e. The van der Waals surface area contributed by atoms with Gasteiger partial charge in [-0.2, -0.15) is 0 Å². The van der Waals surface area contributed by atoms with Gasteiger partial charge in [0.2, 0.25) is 0 Å². The molecule has 0 radical (unpaired) electrons. The lowest BCUT2D eigenvalue weighted by Gasteiger charge is -2.13. The van der Waals surface area contributed by atoms with Gasteiger partial charge in [-0.3, -0.25) is 0 Å². The molecule has 1 heterocycles. The molecule has 1 unspecified atom stereocenters. The molecule has 50 valence electrons. The van der Waals surface area contributed by atoms with Gasteiger partial charge in [0.25, 0.3) is 0 Å². The van der Waals surface area contributed by atoms with E-state index in [0.717, 1.165) is 0 Å². The predicted octanol–water partition coefficient (Wildman–Crippen LogP) is 1.83. The number of dihydropyridines is 1. The van der Waals surface area contributed by atoms with Crippen molar-refractivity contribution < 1.29 is 0 Å². The fourth-order valence-corrected chi connectivity index (χ4v) is 0.979. The molecule has 0 aromatic rings. The Morgan fingerprint density at radius 1 is 1.44 bits per heavy atom. The Labute approximate surface area is 56.5 Å². The highest BCUT2D eigenvalue weighted by Crippen LogP contribution is 2.01. The molecule has 0 fully saturated rings. The molecule has 1 nitrogen and oxygen atoms in total. The normalized spacial score (nSPS) is 23.9. The number of hydrogen-bond donors (Lipinski definition) is 1. The molecule has 1 aliphatic heterocycles. The second-order valence-corrected chi connectivity index (χ2v) is 2.31. The van der Waals surface area contributed by atoms with Crippen molar-refractivity contribution in [2.24, 2.45) is 0 Å². The number of hydrogen-bond acceptors (Lipinski definition) is 1. The van der Waals surface area contributed by atoms with Crippen LogP contribution < -0.4 is 5.32 Å². The molecule has 9 heavy (non-hydrogen) atoms. The zero-order valence-electron chi connectivity index (χ0n) is 5.80. The van der Waals surface area contributed by atoms with Crippen LogP contribution in [0.3, 0.4) is 0 Å². The van der Waals surface area contributed by atoms with Gasteiger partial charge in [0.1, 0.15) is 0 Å². The van der Waals surface area contributed by atoms with Crippen molar-refractivity contribution >= 4 is 0 Å². The Kier molecular flexibility index (Phi) is 2.37. The minimum Gasteiger partial charge on any atom is -0.385 e. The highest BCUT2D eigenvalue weighted by molar-refractivity contribution is 5.11. The standard InChI is InChI=1S/C8H13N/c1-2-5-8-6-3-4-7-9-8/h3-4,6-9H,2,5H2,1H3. The minimum atomic E-state index is 0.583. The summed E-state index contributed by atoms with van der Waals surface area (Å²) < 4.78 is 0. The molecule has 1 atom stereocenters. The van der Waals surface area contributed by atoms with Crippen LogP contribution in [0.5, 0.6) is 0 Å². The second kappa shape index (κ2) is 3.33. The molecule has 0 amide bonds. The van der Waals surface area contributed by atoms with E-state index in [-0.39, 0.29) is 0 Å². The van der Waals surface area contributed by atoms with Crippen LogP contribution in [0.1, 0.15) is 19.8 Å². The van der Waals surface area contributed by atoms with Gasteiger partial charge in [-0.15, -0.1) is 0 Å². The van der Waals surface area contributed by atoms with Crippen molar-refractivity contribution in [1.29, 1.82) is 0 Å². The summed E-state index contributed by atoms with van der Waals surface area (Å²) in [7, 11) is 0. The lowest BCUT2D eigenvalue weighted by atomic mass is 10.1.